The topological polar surface area (TPSA) is 17.1 Å². The first-order chi connectivity index (χ1) is 9.54. The highest BCUT2D eigenvalue weighted by Gasteiger charge is 2.07. The van der Waals surface area contributed by atoms with Crippen LogP contribution in [0.3, 0.4) is 0 Å². The lowest BCUT2D eigenvalue weighted by Crippen LogP contribution is -2.03. The first kappa shape index (κ1) is 14.5. The Morgan fingerprint density at radius 2 is 1.45 bits per heavy atom. The molecule has 0 aliphatic rings. The van der Waals surface area contributed by atoms with Crippen molar-refractivity contribution in [2.75, 3.05) is 0 Å². The number of Topliss-reactive ketones (excluding diaryl/α,β-unsaturated/α-hetero) is 1. The Bertz CT molecular complexity index is 562. The molecule has 0 heterocycles. The fraction of sp³-hybridized carbons (Fsp3) is 0.316. The molecule has 2 aromatic carbocycles. The predicted molar refractivity (Wildman–Crippen MR) is 84.2 cm³/mol. The predicted octanol–water partition coefficient (Wildman–Crippen LogP) is 4.62. The zero-order valence-corrected chi connectivity index (χ0v) is 12.5. The summed E-state index contributed by atoms with van der Waals surface area (Å²) in [6.07, 6.45) is 1.57. The lowest BCUT2D eigenvalue weighted by atomic mass is 9.98. The van der Waals surface area contributed by atoms with Crippen LogP contribution in [0.25, 0.3) is 0 Å². The molecule has 0 saturated carbocycles. The lowest BCUT2D eigenvalue weighted by molar-refractivity contribution is 0.0993. The number of carbonyl (C=O) groups is 1. The van der Waals surface area contributed by atoms with Crippen LogP contribution in [-0.4, -0.2) is 5.78 Å². The fourth-order valence-corrected chi connectivity index (χ4v) is 2.29. The van der Waals surface area contributed by atoms with Crippen molar-refractivity contribution < 1.29 is 4.79 Å². The maximum Gasteiger partial charge on any atom is 0.167 e. The number of benzene rings is 2. The molecule has 0 radical (unpaired) electrons. The van der Waals surface area contributed by atoms with Gasteiger partial charge in [0, 0.05) is 12.0 Å². The molecule has 0 aliphatic carbocycles. The van der Waals surface area contributed by atoms with E-state index in [4.69, 9.17) is 0 Å². The average Bonchev–Trinajstić information content (AvgIpc) is 2.41. The molecule has 2 rings (SSSR count). The van der Waals surface area contributed by atoms with E-state index in [-0.39, 0.29) is 5.78 Å². The second-order valence-corrected chi connectivity index (χ2v) is 5.88. The van der Waals surface area contributed by atoms with Crippen LogP contribution >= 0.6 is 0 Å². The van der Waals surface area contributed by atoms with Gasteiger partial charge in [-0.3, -0.25) is 4.79 Å². The van der Waals surface area contributed by atoms with Crippen molar-refractivity contribution in [3.05, 3.63) is 70.8 Å². The van der Waals surface area contributed by atoms with Gasteiger partial charge in [-0.25, -0.2) is 0 Å². The van der Waals surface area contributed by atoms with Gasteiger partial charge >= 0.3 is 0 Å². The minimum Gasteiger partial charge on any atom is -0.294 e. The monoisotopic (exact) mass is 266 g/mol. The summed E-state index contributed by atoms with van der Waals surface area (Å²) in [5.41, 5.74) is 4.40. The summed E-state index contributed by atoms with van der Waals surface area (Å²) in [6, 6.07) is 16.2. The Balaban J connectivity index is 2.02. The minimum atomic E-state index is 0.182. The molecule has 0 atom stereocenters. The quantitative estimate of drug-likeness (QED) is 0.722. The molecule has 0 bridgehead atoms. The summed E-state index contributed by atoms with van der Waals surface area (Å²) in [7, 11) is 0. The number of hydrogen-bond acceptors (Lipinski definition) is 1. The molecule has 1 heteroatoms. The van der Waals surface area contributed by atoms with Crippen molar-refractivity contribution in [3.63, 3.8) is 0 Å². The van der Waals surface area contributed by atoms with Crippen molar-refractivity contribution in [3.8, 4) is 0 Å². The Hall–Kier alpha value is -1.89. The van der Waals surface area contributed by atoms with Gasteiger partial charge in [0.05, 0.1) is 0 Å². The SMILES string of the molecule is Cc1ccc(C(=O)Cc2ccc(CC(C)C)cc2)cc1. The lowest BCUT2D eigenvalue weighted by Gasteiger charge is -2.06. The van der Waals surface area contributed by atoms with Gasteiger partial charge in [-0.1, -0.05) is 67.9 Å². The van der Waals surface area contributed by atoms with Gasteiger partial charge in [0.1, 0.15) is 0 Å². The zero-order chi connectivity index (χ0) is 14.5. The Morgan fingerprint density at radius 1 is 0.900 bits per heavy atom. The van der Waals surface area contributed by atoms with Crippen molar-refractivity contribution in [2.24, 2.45) is 5.92 Å². The van der Waals surface area contributed by atoms with Gasteiger partial charge in [0.2, 0.25) is 0 Å². The third-order valence-corrected chi connectivity index (χ3v) is 3.41. The first-order valence-electron chi connectivity index (χ1n) is 7.22. The number of carbonyl (C=O) groups excluding carboxylic acids is 1. The van der Waals surface area contributed by atoms with Crippen LogP contribution in [-0.2, 0) is 12.8 Å². The Kier molecular flexibility index (Phi) is 4.73. The van der Waals surface area contributed by atoms with Crippen LogP contribution in [0, 0.1) is 12.8 Å². The molecule has 0 fully saturated rings. The van der Waals surface area contributed by atoms with E-state index in [0.29, 0.717) is 12.3 Å². The minimum absolute atomic E-state index is 0.182. The smallest absolute Gasteiger partial charge is 0.167 e. The third kappa shape index (κ3) is 4.06. The summed E-state index contributed by atoms with van der Waals surface area (Å²) in [6.45, 7) is 6.46. The average molecular weight is 266 g/mol. The van der Waals surface area contributed by atoms with E-state index in [9.17, 15) is 4.79 Å². The molecule has 20 heavy (non-hydrogen) atoms. The van der Waals surface area contributed by atoms with E-state index in [2.05, 4.69) is 38.1 Å². The van der Waals surface area contributed by atoms with E-state index < -0.39 is 0 Å². The van der Waals surface area contributed by atoms with E-state index in [0.717, 1.165) is 17.5 Å². The molecule has 0 aliphatic heterocycles. The molecule has 1 nitrogen and oxygen atoms in total. The molecule has 104 valence electrons. The molecule has 0 N–H and O–H groups in total. The van der Waals surface area contributed by atoms with Crippen molar-refractivity contribution in [1.82, 2.24) is 0 Å². The van der Waals surface area contributed by atoms with Crippen molar-refractivity contribution in [1.29, 1.82) is 0 Å². The Morgan fingerprint density at radius 3 is 2.00 bits per heavy atom. The molecular formula is C19H22O. The molecule has 0 spiro atoms. The molecular weight excluding hydrogens is 244 g/mol. The third-order valence-electron chi connectivity index (χ3n) is 3.41. The molecule has 0 unspecified atom stereocenters. The van der Waals surface area contributed by atoms with Gasteiger partial charge in [0.25, 0.3) is 0 Å². The highest BCUT2D eigenvalue weighted by Crippen LogP contribution is 2.12. The maximum absolute atomic E-state index is 12.2. The van der Waals surface area contributed by atoms with Crippen molar-refractivity contribution in [2.45, 2.75) is 33.6 Å². The van der Waals surface area contributed by atoms with Crippen LogP contribution < -0.4 is 0 Å². The standard InChI is InChI=1S/C19H22O/c1-14(2)12-16-6-8-17(9-7-16)13-19(20)18-10-4-15(3)5-11-18/h4-11,14H,12-13H2,1-3H3. The van der Waals surface area contributed by atoms with Gasteiger partial charge in [-0.05, 0) is 30.4 Å². The molecule has 0 aromatic heterocycles. The Labute approximate surface area is 121 Å². The number of ketones is 1. The number of aryl methyl sites for hydroxylation is 1. The summed E-state index contributed by atoms with van der Waals surface area (Å²) in [4.78, 5) is 12.2. The maximum atomic E-state index is 12.2. The van der Waals surface area contributed by atoms with Crippen LogP contribution in [0.4, 0.5) is 0 Å². The largest absolute Gasteiger partial charge is 0.294 e. The fourth-order valence-electron chi connectivity index (χ4n) is 2.29. The van der Waals surface area contributed by atoms with Crippen LogP contribution in [0.2, 0.25) is 0 Å². The summed E-state index contributed by atoms with van der Waals surface area (Å²) < 4.78 is 0. The second-order valence-electron chi connectivity index (χ2n) is 5.88. The van der Waals surface area contributed by atoms with E-state index >= 15 is 0 Å². The van der Waals surface area contributed by atoms with E-state index in [1.165, 1.54) is 11.1 Å². The normalized spacial score (nSPS) is 10.8. The second kappa shape index (κ2) is 6.51. The summed E-state index contributed by atoms with van der Waals surface area (Å²) in [5.74, 6) is 0.844. The van der Waals surface area contributed by atoms with Crippen molar-refractivity contribution >= 4 is 5.78 Å². The van der Waals surface area contributed by atoms with Crippen LogP contribution in [0.1, 0.15) is 40.9 Å². The van der Waals surface area contributed by atoms with Gasteiger partial charge < -0.3 is 0 Å². The molecule has 0 saturated heterocycles. The van der Waals surface area contributed by atoms with Gasteiger partial charge in [-0.2, -0.15) is 0 Å². The van der Waals surface area contributed by atoms with Gasteiger partial charge in [0.15, 0.2) is 5.78 Å². The van der Waals surface area contributed by atoms with E-state index in [1.807, 2.05) is 31.2 Å². The summed E-state index contributed by atoms with van der Waals surface area (Å²) >= 11 is 0. The number of rotatable bonds is 5. The summed E-state index contributed by atoms with van der Waals surface area (Å²) in [5, 5.41) is 0. The zero-order valence-electron chi connectivity index (χ0n) is 12.5. The first-order valence-corrected chi connectivity index (χ1v) is 7.22. The highest BCUT2D eigenvalue weighted by atomic mass is 16.1. The molecule has 2 aromatic rings. The number of hydrogen-bond donors (Lipinski definition) is 0. The molecule has 0 amide bonds. The van der Waals surface area contributed by atoms with Crippen LogP contribution in [0.15, 0.2) is 48.5 Å². The van der Waals surface area contributed by atoms with Gasteiger partial charge in [-0.15, -0.1) is 0 Å². The van der Waals surface area contributed by atoms with E-state index in [1.54, 1.807) is 0 Å². The highest BCUT2D eigenvalue weighted by molar-refractivity contribution is 5.97. The van der Waals surface area contributed by atoms with Crippen LogP contribution in [0.5, 0.6) is 0 Å².